The first-order valence-corrected chi connectivity index (χ1v) is 10.3. The van der Waals surface area contributed by atoms with Crippen LogP contribution in [0.1, 0.15) is 18.1 Å². The molecule has 1 heterocycles. The molecular weight excluding hydrogens is 410 g/mol. The lowest BCUT2D eigenvalue weighted by molar-refractivity contribution is -0.116. The van der Waals surface area contributed by atoms with E-state index in [-0.39, 0.29) is 5.91 Å². The van der Waals surface area contributed by atoms with Gasteiger partial charge in [-0.05, 0) is 41.8 Å². The number of carbonyl (C=O) groups is 1. The lowest BCUT2D eigenvalue weighted by Gasteiger charge is -2.10. The summed E-state index contributed by atoms with van der Waals surface area (Å²) in [6.07, 6.45) is 3.34. The molecule has 0 atom stereocenters. The Morgan fingerprint density at radius 1 is 1.10 bits per heavy atom. The molecule has 1 amide bonds. The van der Waals surface area contributed by atoms with Crippen LogP contribution in [-0.4, -0.2) is 13.0 Å². The fraction of sp³-hybridized carbons (Fsp3) is 0.115. The summed E-state index contributed by atoms with van der Waals surface area (Å²) >= 11 is 5.91. The molecule has 4 rings (SSSR count). The molecule has 4 aromatic rings. The lowest BCUT2D eigenvalue weighted by atomic mass is 9.99. The van der Waals surface area contributed by atoms with Gasteiger partial charge >= 0.3 is 0 Å². The smallest absolute Gasteiger partial charge is 0.244 e. The number of benzene rings is 3. The van der Waals surface area contributed by atoms with E-state index in [1.54, 1.807) is 31.6 Å². The van der Waals surface area contributed by atoms with Gasteiger partial charge in [-0.25, -0.2) is 0 Å². The molecule has 156 valence electrons. The number of nitrogens with one attached hydrogen (secondary N) is 1. The van der Waals surface area contributed by atoms with Gasteiger partial charge in [0.05, 0.1) is 13.4 Å². The second-order valence-corrected chi connectivity index (χ2v) is 7.67. The number of carbonyl (C=O) groups excluding carboxylic acids is 1. The Bertz CT molecular complexity index is 1240. The van der Waals surface area contributed by atoms with Crippen LogP contribution in [0.2, 0.25) is 5.02 Å². The summed E-state index contributed by atoms with van der Waals surface area (Å²) in [6, 6.07) is 21.3. The van der Waals surface area contributed by atoms with E-state index >= 15 is 0 Å². The van der Waals surface area contributed by atoms with Crippen molar-refractivity contribution >= 4 is 34.1 Å². The van der Waals surface area contributed by atoms with Crippen molar-refractivity contribution in [2.24, 2.45) is 0 Å². The van der Waals surface area contributed by atoms with Crippen molar-refractivity contribution < 1.29 is 13.9 Å². The summed E-state index contributed by atoms with van der Waals surface area (Å²) in [5, 5.41) is 4.55. The molecule has 0 saturated carbocycles. The first-order valence-electron chi connectivity index (χ1n) is 9.91. The van der Waals surface area contributed by atoms with Gasteiger partial charge in [-0.1, -0.05) is 54.1 Å². The van der Waals surface area contributed by atoms with E-state index in [1.165, 1.54) is 0 Å². The highest BCUT2D eigenvalue weighted by Crippen LogP contribution is 2.37. The van der Waals surface area contributed by atoms with Crippen LogP contribution in [0.3, 0.4) is 0 Å². The van der Waals surface area contributed by atoms with Crippen LogP contribution in [-0.2, 0) is 11.3 Å². The molecule has 0 aliphatic rings. The fourth-order valence-electron chi connectivity index (χ4n) is 3.49. The Labute approximate surface area is 186 Å². The molecule has 1 aromatic heterocycles. The van der Waals surface area contributed by atoms with Crippen molar-refractivity contribution in [3.8, 4) is 16.9 Å². The molecular formula is C26H22ClNO3. The summed E-state index contributed by atoms with van der Waals surface area (Å²) < 4.78 is 11.3. The summed E-state index contributed by atoms with van der Waals surface area (Å²) in [4.78, 5) is 12.5. The average Bonchev–Trinajstić information content (AvgIpc) is 3.21. The number of furan rings is 1. The van der Waals surface area contributed by atoms with E-state index in [0.717, 1.165) is 38.8 Å². The number of ether oxygens (including phenoxy) is 1. The van der Waals surface area contributed by atoms with Crippen LogP contribution >= 0.6 is 11.6 Å². The van der Waals surface area contributed by atoms with Crippen molar-refractivity contribution in [1.29, 1.82) is 0 Å². The summed E-state index contributed by atoms with van der Waals surface area (Å²) in [7, 11) is 1.61. The maximum Gasteiger partial charge on any atom is 0.244 e. The van der Waals surface area contributed by atoms with Crippen LogP contribution in [0.25, 0.3) is 27.7 Å². The van der Waals surface area contributed by atoms with E-state index in [2.05, 4.69) is 5.32 Å². The Hall–Kier alpha value is -3.50. The summed E-state index contributed by atoms with van der Waals surface area (Å²) in [5.74, 6) is 0.478. The fourth-order valence-corrected chi connectivity index (χ4v) is 3.62. The molecule has 0 fully saturated rings. The average molecular weight is 432 g/mol. The third-order valence-electron chi connectivity index (χ3n) is 5.13. The summed E-state index contributed by atoms with van der Waals surface area (Å²) in [5.41, 5.74) is 5.43. The van der Waals surface area contributed by atoms with Gasteiger partial charge in [0.15, 0.2) is 0 Å². The van der Waals surface area contributed by atoms with E-state index in [9.17, 15) is 4.79 Å². The molecule has 0 spiro atoms. The van der Waals surface area contributed by atoms with Gasteiger partial charge in [0, 0.05) is 40.2 Å². The molecule has 31 heavy (non-hydrogen) atoms. The molecule has 5 heteroatoms. The monoisotopic (exact) mass is 431 g/mol. The van der Waals surface area contributed by atoms with Crippen LogP contribution in [0, 0.1) is 0 Å². The van der Waals surface area contributed by atoms with E-state index in [4.69, 9.17) is 20.8 Å². The van der Waals surface area contributed by atoms with Gasteiger partial charge < -0.3 is 14.5 Å². The third-order valence-corrected chi connectivity index (χ3v) is 5.38. The zero-order chi connectivity index (χ0) is 21.8. The number of rotatable bonds is 6. The van der Waals surface area contributed by atoms with Crippen molar-refractivity contribution in [3.63, 3.8) is 0 Å². The quantitative estimate of drug-likeness (QED) is 0.355. The lowest BCUT2D eigenvalue weighted by Crippen LogP contribution is -2.20. The minimum atomic E-state index is -0.176. The minimum Gasteiger partial charge on any atom is -0.496 e. The first kappa shape index (κ1) is 20.8. The van der Waals surface area contributed by atoms with Gasteiger partial charge in [0.1, 0.15) is 11.3 Å². The van der Waals surface area contributed by atoms with Crippen molar-refractivity contribution in [3.05, 3.63) is 95.2 Å². The predicted octanol–water partition coefficient (Wildman–Crippen LogP) is 6.48. The highest BCUT2D eigenvalue weighted by atomic mass is 35.5. The molecule has 0 saturated heterocycles. The molecule has 0 aliphatic heterocycles. The number of methoxy groups -OCH3 is 1. The third kappa shape index (κ3) is 4.65. The maximum atomic E-state index is 12.5. The molecule has 0 aliphatic carbocycles. The zero-order valence-corrected chi connectivity index (χ0v) is 18.1. The Morgan fingerprint density at radius 2 is 1.84 bits per heavy atom. The maximum absolute atomic E-state index is 12.5. The number of hydrogen-bond donors (Lipinski definition) is 1. The number of halogens is 1. The van der Waals surface area contributed by atoms with Crippen molar-refractivity contribution in [2.45, 2.75) is 13.5 Å². The molecule has 0 unspecified atom stereocenters. The summed E-state index contributed by atoms with van der Waals surface area (Å²) in [6.45, 7) is 2.32. The van der Waals surface area contributed by atoms with Gasteiger partial charge in [-0.2, -0.15) is 0 Å². The van der Waals surface area contributed by atoms with Crippen molar-refractivity contribution in [2.75, 3.05) is 7.11 Å². The predicted molar refractivity (Wildman–Crippen MR) is 125 cm³/mol. The van der Waals surface area contributed by atoms with Gasteiger partial charge in [-0.15, -0.1) is 0 Å². The Morgan fingerprint density at radius 3 is 2.55 bits per heavy atom. The van der Waals surface area contributed by atoms with Crippen LogP contribution in [0.4, 0.5) is 0 Å². The molecule has 1 N–H and O–H groups in total. The minimum absolute atomic E-state index is 0.176. The SMILES string of the molecule is COc1cc2occ(-c3ccccc3)c2cc1/C(C)=C/C(=O)NCc1ccc(Cl)cc1. The van der Waals surface area contributed by atoms with E-state index < -0.39 is 0 Å². The number of allylic oxidation sites excluding steroid dienone is 1. The van der Waals surface area contributed by atoms with Gasteiger partial charge in [-0.3, -0.25) is 4.79 Å². The van der Waals surface area contributed by atoms with Crippen LogP contribution < -0.4 is 10.1 Å². The highest BCUT2D eigenvalue weighted by Gasteiger charge is 2.14. The second-order valence-electron chi connectivity index (χ2n) is 7.24. The number of hydrogen-bond acceptors (Lipinski definition) is 3. The highest BCUT2D eigenvalue weighted by molar-refractivity contribution is 6.30. The second kappa shape index (κ2) is 9.11. The Balaban J connectivity index is 1.62. The van der Waals surface area contributed by atoms with Crippen molar-refractivity contribution in [1.82, 2.24) is 5.32 Å². The van der Waals surface area contributed by atoms with E-state index in [0.29, 0.717) is 17.3 Å². The standard InChI is InChI=1S/C26H22ClNO3/c1-17(12-26(29)28-15-18-8-10-20(27)11-9-18)21-13-22-23(19-6-4-3-5-7-19)16-31-25(22)14-24(21)30-2/h3-14,16H,15H2,1-2H3,(H,28,29)/b17-12+. The van der Waals surface area contributed by atoms with Crippen LogP contribution in [0.15, 0.2) is 83.5 Å². The number of amides is 1. The molecule has 0 bridgehead atoms. The van der Waals surface area contributed by atoms with Crippen LogP contribution in [0.5, 0.6) is 5.75 Å². The van der Waals surface area contributed by atoms with Gasteiger partial charge in [0.25, 0.3) is 0 Å². The van der Waals surface area contributed by atoms with E-state index in [1.807, 2.05) is 61.5 Å². The Kier molecular flexibility index (Phi) is 6.10. The number of fused-ring (bicyclic) bond motifs is 1. The largest absolute Gasteiger partial charge is 0.496 e. The normalized spacial score (nSPS) is 11.5. The topological polar surface area (TPSA) is 51.5 Å². The molecule has 0 radical (unpaired) electrons. The molecule has 4 nitrogen and oxygen atoms in total. The van der Waals surface area contributed by atoms with Gasteiger partial charge in [0.2, 0.25) is 5.91 Å². The zero-order valence-electron chi connectivity index (χ0n) is 17.3. The first-order chi connectivity index (χ1) is 15.0. The molecule has 3 aromatic carbocycles.